The lowest BCUT2D eigenvalue weighted by Crippen LogP contribution is -1.93. The second-order valence-electron chi connectivity index (χ2n) is 2.73. The number of carbonyl (C=O) groups is 2. The van der Waals surface area contributed by atoms with Gasteiger partial charge in [-0.05, 0) is 19.1 Å². The molecule has 76 valence electrons. The molecule has 1 aromatic rings. The third kappa shape index (κ3) is 5.94. The third-order valence-corrected chi connectivity index (χ3v) is 1.52. The van der Waals surface area contributed by atoms with E-state index in [0.29, 0.717) is 12.0 Å². The lowest BCUT2D eigenvalue weighted by atomic mass is 10.2. The van der Waals surface area contributed by atoms with Gasteiger partial charge in [-0.15, -0.1) is 0 Å². The second kappa shape index (κ2) is 6.83. The highest BCUT2D eigenvalue weighted by molar-refractivity contribution is 5.87. The quantitative estimate of drug-likeness (QED) is 0.786. The standard InChI is InChI=1S/C7H6O2.C4H8O/c8-7(9)6-4-2-1-3-5-6;1-3-4(2)5/h1-5H,(H,8,9);3H2,1-2H3. The van der Waals surface area contributed by atoms with Gasteiger partial charge >= 0.3 is 5.97 Å². The number of benzene rings is 1. The minimum absolute atomic E-state index is 0.255. The van der Waals surface area contributed by atoms with E-state index in [0.717, 1.165) is 0 Å². The van der Waals surface area contributed by atoms with E-state index in [4.69, 9.17) is 5.11 Å². The molecule has 0 aliphatic heterocycles. The summed E-state index contributed by atoms with van der Waals surface area (Å²) in [5.41, 5.74) is 0.331. The summed E-state index contributed by atoms with van der Waals surface area (Å²) in [4.78, 5) is 20.0. The first-order valence-corrected chi connectivity index (χ1v) is 4.35. The molecule has 1 aromatic carbocycles. The molecule has 0 saturated carbocycles. The summed E-state index contributed by atoms with van der Waals surface area (Å²) >= 11 is 0. The Kier molecular flexibility index (Phi) is 6.03. The molecule has 0 amide bonds. The lowest BCUT2D eigenvalue weighted by molar-refractivity contribution is -0.116. The van der Waals surface area contributed by atoms with Crippen molar-refractivity contribution in [2.24, 2.45) is 0 Å². The van der Waals surface area contributed by atoms with Crippen molar-refractivity contribution in [3.8, 4) is 0 Å². The van der Waals surface area contributed by atoms with Crippen molar-refractivity contribution in [1.29, 1.82) is 0 Å². The maximum atomic E-state index is 10.2. The number of aromatic carboxylic acids is 1. The van der Waals surface area contributed by atoms with Crippen LogP contribution in [-0.4, -0.2) is 16.9 Å². The molecular weight excluding hydrogens is 180 g/mol. The summed E-state index contributed by atoms with van der Waals surface area (Å²) in [5.74, 6) is -0.624. The molecule has 0 heterocycles. The number of hydrogen-bond acceptors (Lipinski definition) is 2. The highest BCUT2D eigenvalue weighted by Crippen LogP contribution is 1.96. The maximum absolute atomic E-state index is 10.2. The van der Waals surface area contributed by atoms with Crippen molar-refractivity contribution in [3.05, 3.63) is 35.9 Å². The summed E-state index contributed by atoms with van der Waals surface area (Å²) in [7, 11) is 0. The predicted molar refractivity (Wildman–Crippen MR) is 54.4 cm³/mol. The van der Waals surface area contributed by atoms with Crippen LogP contribution in [0.5, 0.6) is 0 Å². The van der Waals surface area contributed by atoms with E-state index in [-0.39, 0.29) is 5.78 Å². The zero-order chi connectivity index (χ0) is 11.0. The fourth-order valence-corrected chi connectivity index (χ4v) is 0.581. The summed E-state index contributed by atoms with van der Waals surface area (Å²) in [6.45, 7) is 3.43. The van der Waals surface area contributed by atoms with E-state index < -0.39 is 5.97 Å². The molecule has 3 heteroatoms. The van der Waals surface area contributed by atoms with Crippen molar-refractivity contribution >= 4 is 11.8 Å². The average molecular weight is 194 g/mol. The van der Waals surface area contributed by atoms with Gasteiger partial charge in [-0.3, -0.25) is 0 Å². The number of hydrogen-bond donors (Lipinski definition) is 1. The fourth-order valence-electron chi connectivity index (χ4n) is 0.581. The Morgan fingerprint density at radius 1 is 1.21 bits per heavy atom. The van der Waals surface area contributed by atoms with Gasteiger partial charge in [0.25, 0.3) is 0 Å². The monoisotopic (exact) mass is 194 g/mol. The van der Waals surface area contributed by atoms with E-state index in [1.54, 1.807) is 37.3 Å². The van der Waals surface area contributed by atoms with Crippen LogP contribution in [0.1, 0.15) is 30.6 Å². The smallest absolute Gasteiger partial charge is 0.335 e. The molecule has 1 N–H and O–H groups in total. The minimum atomic E-state index is -0.879. The van der Waals surface area contributed by atoms with Crippen LogP contribution in [-0.2, 0) is 4.79 Å². The van der Waals surface area contributed by atoms with E-state index in [9.17, 15) is 9.59 Å². The van der Waals surface area contributed by atoms with Crippen molar-refractivity contribution in [3.63, 3.8) is 0 Å². The number of ketones is 1. The molecule has 3 nitrogen and oxygen atoms in total. The number of carboxylic acid groups (broad SMARTS) is 1. The third-order valence-electron chi connectivity index (χ3n) is 1.52. The number of rotatable bonds is 2. The zero-order valence-electron chi connectivity index (χ0n) is 8.36. The molecule has 14 heavy (non-hydrogen) atoms. The van der Waals surface area contributed by atoms with Crippen molar-refractivity contribution in [2.75, 3.05) is 0 Å². The molecule has 1 rings (SSSR count). The molecule has 0 aliphatic carbocycles. The lowest BCUT2D eigenvalue weighted by Gasteiger charge is -1.88. The molecule has 0 bridgehead atoms. The Morgan fingerprint density at radius 2 is 1.64 bits per heavy atom. The summed E-state index contributed by atoms with van der Waals surface area (Å²) < 4.78 is 0. The van der Waals surface area contributed by atoms with Gasteiger partial charge in [0.15, 0.2) is 0 Å². The predicted octanol–water partition coefficient (Wildman–Crippen LogP) is 2.37. The Bertz CT molecular complexity index is 291. The van der Waals surface area contributed by atoms with E-state index >= 15 is 0 Å². The van der Waals surface area contributed by atoms with Crippen molar-refractivity contribution in [1.82, 2.24) is 0 Å². The molecule has 0 unspecified atom stereocenters. The van der Waals surface area contributed by atoms with E-state index in [1.807, 2.05) is 6.92 Å². The van der Waals surface area contributed by atoms with Gasteiger partial charge in [0.05, 0.1) is 5.56 Å². The van der Waals surface area contributed by atoms with Crippen LogP contribution >= 0.6 is 0 Å². The topological polar surface area (TPSA) is 54.4 Å². The number of carbonyl (C=O) groups excluding carboxylic acids is 1. The average Bonchev–Trinajstić information content (AvgIpc) is 2.20. The van der Waals surface area contributed by atoms with Gasteiger partial charge in [-0.2, -0.15) is 0 Å². The first-order valence-electron chi connectivity index (χ1n) is 4.35. The molecule has 0 atom stereocenters. The van der Waals surface area contributed by atoms with Crippen LogP contribution in [0.2, 0.25) is 0 Å². The van der Waals surface area contributed by atoms with Gasteiger partial charge in [0.1, 0.15) is 5.78 Å². The largest absolute Gasteiger partial charge is 0.478 e. The highest BCUT2D eigenvalue weighted by Gasteiger charge is 1.96. The van der Waals surface area contributed by atoms with Gasteiger partial charge in [-0.1, -0.05) is 25.1 Å². The Labute approximate surface area is 83.4 Å². The fraction of sp³-hybridized carbons (Fsp3) is 0.273. The van der Waals surface area contributed by atoms with Gasteiger partial charge in [0.2, 0.25) is 0 Å². The minimum Gasteiger partial charge on any atom is -0.478 e. The van der Waals surface area contributed by atoms with Crippen LogP contribution < -0.4 is 0 Å². The maximum Gasteiger partial charge on any atom is 0.335 e. The SMILES string of the molecule is CCC(C)=O.O=C(O)c1ccccc1. The number of carboxylic acids is 1. The number of Topliss-reactive ketones (excluding diaryl/α,β-unsaturated/α-hetero) is 1. The Balaban J connectivity index is 0.000000292. The van der Waals surface area contributed by atoms with Crippen LogP contribution in [0.25, 0.3) is 0 Å². The van der Waals surface area contributed by atoms with Crippen LogP contribution in [0, 0.1) is 0 Å². The molecule has 0 spiro atoms. The summed E-state index contributed by atoms with van der Waals surface area (Å²) in [5, 5.41) is 8.38. The second-order valence-corrected chi connectivity index (χ2v) is 2.73. The van der Waals surface area contributed by atoms with Gasteiger partial charge < -0.3 is 9.90 Å². The zero-order valence-corrected chi connectivity index (χ0v) is 8.36. The van der Waals surface area contributed by atoms with Crippen molar-refractivity contribution in [2.45, 2.75) is 20.3 Å². The normalized spacial score (nSPS) is 8.43. The molecule has 0 fully saturated rings. The first kappa shape index (κ1) is 12.4. The Morgan fingerprint density at radius 3 is 1.86 bits per heavy atom. The summed E-state index contributed by atoms with van der Waals surface area (Å²) in [6, 6.07) is 8.30. The van der Waals surface area contributed by atoms with E-state index in [1.165, 1.54) is 0 Å². The molecular formula is C11H14O3. The van der Waals surface area contributed by atoms with Gasteiger partial charge in [0, 0.05) is 6.42 Å². The van der Waals surface area contributed by atoms with E-state index in [2.05, 4.69) is 0 Å². The first-order chi connectivity index (χ1) is 6.57. The molecule has 0 aromatic heterocycles. The van der Waals surface area contributed by atoms with Crippen LogP contribution in [0.4, 0.5) is 0 Å². The van der Waals surface area contributed by atoms with Gasteiger partial charge in [-0.25, -0.2) is 4.79 Å². The van der Waals surface area contributed by atoms with Crippen LogP contribution in [0.15, 0.2) is 30.3 Å². The molecule has 0 saturated heterocycles. The Hall–Kier alpha value is -1.64. The summed E-state index contributed by atoms with van der Waals surface area (Å²) in [6.07, 6.45) is 0.667. The highest BCUT2D eigenvalue weighted by atomic mass is 16.4. The molecule has 0 radical (unpaired) electrons. The van der Waals surface area contributed by atoms with Crippen LogP contribution in [0.3, 0.4) is 0 Å². The van der Waals surface area contributed by atoms with Crippen molar-refractivity contribution < 1.29 is 14.7 Å². The molecule has 0 aliphatic rings.